The van der Waals surface area contributed by atoms with Gasteiger partial charge in [0.2, 0.25) is 5.88 Å². The summed E-state index contributed by atoms with van der Waals surface area (Å²) in [4.78, 5) is 8.53. The summed E-state index contributed by atoms with van der Waals surface area (Å²) in [5, 5.41) is 9.59. The van der Waals surface area contributed by atoms with E-state index in [0.29, 0.717) is 11.7 Å². The Bertz CT molecular complexity index is 511. The lowest BCUT2D eigenvalue weighted by Crippen LogP contribution is -2.05. The van der Waals surface area contributed by atoms with Crippen molar-refractivity contribution in [1.29, 1.82) is 0 Å². The van der Waals surface area contributed by atoms with Crippen LogP contribution >= 0.6 is 15.9 Å². The van der Waals surface area contributed by atoms with Gasteiger partial charge in [-0.3, -0.25) is 0 Å². The average molecular weight is 283 g/mol. The molecule has 1 aromatic carbocycles. The van der Waals surface area contributed by atoms with Gasteiger partial charge in [-0.1, -0.05) is 15.9 Å². The number of rotatable bonds is 3. The Hall–Kier alpha value is -1.20. The molecule has 0 fully saturated rings. The summed E-state index contributed by atoms with van der Waals surface area (Å²) in [5.41, 5.74) is 0.829. The van der Waals surface area contributed by atoms with Gasteiger partial charge in [0.15, 0.2) is 0 Å². The third-order valence-electron chi connectivity index (χ3n) is 2.07. The van der Waals surface area contributed by atoms with Crippen LogP contribution in [0.25, 0.3) is 10.9 Å². The lowest BCUT2D eigenvalue weighted by Gasteiger charge is -2.07. The van der Waals surface area contributed by atoms with Crippen molar-refractivity contribution in [2.24, 2.45) is 0 Å². The van der Waals surface area contributed by atoms with E-state index in [9.17, 15) is 0 Å². The van der Waals surface area contributed by atoms with Crippen molar-refractivity contribution in [1.82, 2.24) is 9.97 Å². The molecule has 1 heterocycles. The summed E-state index contributed by atoms with van der Waals surface area (Å²) in [6.45, 7) is 2.02. The molecular weight excluding hydrogens is 272 g/mol. The fourth-order valence-corrected chi connectivity index (χ4v) is 1.79. The van der Waals surface area contributed by atoms with Gasteiger partial charge in [0.05, 0.1) is 17.5 Å². The highest BCUT2D eigenvalue weighted by Crippen LogP contribution is 2.25. The molecule has 0 aliphatic rings. The van der Waals surface area contributed by atoms with E-state index in [4.69, 9.17) is 9.84 Å². The van der Waals surface area contributed by atoms with Crippen molar-refractivity contribution in [3.05, 3.63) is 28.5 Å². The highest BCUT2D eigenvalue weighted by Gasteiger charge is 2.06. The van der Waals surface area contributed by atoms with Crippen LogP contribution in [0, 0.1) is 6.92 Å². The molecule has 1 aromatic heterocycles. The van der Waals surface area contributed by atoms with Crippen LogP contribution in [0.3, 0.4) is 0 Å². The first-order valence-electron chi connectivity index (χ1n) is 4.88. The second-order valence-electron chi connectivity index (χ2n) is 3.31. The van der Waals surface area contributed by atoms with Crippen molar-refractivity contribution in [2.75, 3.05) is 13.2 Å². The maximum absolute atomic E-state index is 8.74. The third kappa shape index (κ3) is 2.31. The lowest BCUT2D eigenvalue weighted by atomic mass is 10.2. The molecule has 0 radical (unpaired) electrons. The molecule has 0 amide bonds. The zero-order valence-corrected chi connectivity index (χ0v) is 10.4. The first-order valence-corrected chi connectivity index (χ1v) is 5.67. The summed E-state index contributed by atoms with van der Waals surface area (Å²) < 4.78 is 6.34. The number of hydrogen-bond donors (Lipinski definition) is 1. The number of fused-ring (bicyclic) bond motifs is 1. The molecule has 0 aliphatic heterocycles. The van der Waals surface area contributed by atoms with Crippen LogP contribution in [0.2, 0.25) is 0 Å². The minimum Gasteiger partial charge on any atom is -0.475 e. The van der Waals surface area contributed by atoms with Gasteiger partial charge >= 0.3 is 0 Å². The van der Waals surface area contributed by atoms with Crippen LogP contribution in [0.4, 0.5) is 0 Å². The zero-order valence-electron chi connectivity index (χ0n) is 8.77. The molecule has 0 saturated carbocycles. The van der Waals surface area contributed by atoms with E-state index < -0.39 is 0 Å². The van der Waals surface area contributed by atoms with Crippen molar-refractivity contribution in [2.45, 2.75) is 6.92 Å². The van der Waals surface area contributed by atoms with Gasteiger partial charge in [-0.25, -0.2) is 4.98 Å². The molecule has 0 saturated heterocycles. The number of benzene rings is 1. The van der Waals surface area contributed by atoms with Crippen molar-refractivity contribution in [3.63, 3.8) is 0 Å². The summed E-state index contributed by atoms with van der Waals surface area (Å²) in [7, 11) is 0. The number of halogens is 1. The molecule has 5 heteroatoms. The van der Waals surface area contributed by atoms with Crippen LogP contribution in [0.5, 0.6) is 5.88 Å². The lowest BCUT2D eigenvalue weighted by molar-refractivity contribution is 0.198. The second-order valence-corrected chi connectivity index (χ2v) is 4.23. The number of nitrogens with zero attached hydrogens (tertiary/aromatic N) is 2. The van der Waals surface area contributed by atoms with E-state index >= 15 is 0 Å². The molecule has 16 heavy (non-hydrogen) atoms. The van der Waals surface area contributed by atoms with Crippen LogP contribution in [0.15, 0.2) is 22.7 Å². The highest BCUT2D eigenvalue weighted by atomic mass is 79.9. The molecule has 1 N–H and O–H groups in total. The average Bonchev–Trinajstić information content (AvgIpc) is 2.25. The fourth-order valence-electron chi connectivity index (χ4n) is 1.44. The maximum Gasteiger partial charge on any atom is 0.224 e. The summed E-state index contributed by atoms with van der Waals surface area (Å²) in [6, 6.07) is 5.72. The van der Waals surface area contributed by atoms with Crippen molar-refractivity contribution >= 4 is 26.8 Å². The van der Waals surface area contributed by atoms with Gasteiger partial charge in [0.25, 0.3) is 0 Å². The Morgan fingerprint density at radius 3 is 2.94 bits per heavy atom. The molecule has 0 spiro atoms. The smallest absolute Gasteiger partial charge is 0.224 e. The van der Waals surface area contributed by atoms with Crippen LogP contribution < -0.4 is 4.74 Å². The number of hydrogen-bond acceptors (Lipinski definition) is 4. The molecule has 84 valence electrons. The molecule has 0 atom stereocenters. The molecule has 0 unspecified atom stereocenters. The topological polar surface area (TPSA) is 55.2 Å². The normalized spacial score (nSPS) is 10.7. The molecule has 2 rings (SSSR count). The minimum atomic E-state index is -0.0267. The second kappa shape index (κ2) is 4.76. The number of aliphatic hydroxyl groups is 1. The number of aliphatic hydroxyl groups excluding tert-OH is 1. The Morgan fingerprint density at radius 1 is 1.38 bits per heavy atom. The zero-order chi connectivity index (χ0) is 11.5. The van der Waals surface area contributed by atoms with Crippen molar-refractivity contribution < 1.29 is 9.84 Å². The summed E-state index contributed by atoms with van der Waals surface area (Å²) in [6.07, 6.45) is 0. The highest BCUT2D eigenvalue weighted by molar-refractivity contribution is 9.10. The fraction of sp³-hybridized carbons (Fsp3) is 0.273. The summed E-state index contributed by atoms with van der Waals surface area (Å²) >= 11 is 3.39. The van der Waals surface area contributed by atoms with E-state index in [2.05, 4.69) is 25.9 Å². The quantitative estimate of drug-likeness (QED) is 0.937. The van der Waals surface area contributed by atoms with E-state index in [1.807, 2.05) is 25.1 Å². The predicted octanol–water partition coefficient (Wildman–Crippen LogP) is 2.07. The molecule has 0 aliphatic carbocycles. The Morgan fingerprint density at radius 2 is 2.19 bits per heavy atom. The first kappa shape index (κ1) is 11.3. The van der Waals surface area contributed by atoms with Gasteiger partial charge in [0, 0.05) is 4.47 Å². The van der Waals surface area contributed by atoms with Gasteiger partial charge in [-0.2, -0.15) is 4.98 Å². The van der Waals surface area contributed by atoms with Crippen LogP contribution in [-0.4, -0.2) is 28.3 Å². The summed E-state index contributed by atoms with van der Waals surface area (Å²) in [5.74, 6) is 1.17. The van der Waals surface area contributed by atoms with Gasteiger partial charge in [-0.15, -0.1) is 0 Å². The van der Waals surface area contributed by atoms with Crippen LogP contribution in [-0.2, 0) is 0 Å². The predicted molar refractivity (Wildman–Crippen MR) is 64.6 cm³/mol. The van der Waals surface area contributed by atoms with Gasteiger partial charge in [0.1, 0.15) is 12.4 Å². The molecule has 2 aromatic rings. The number of aryl methyl sites for hydroxylation is 1. The molecule has 0 bridgehead atoms. The molecule has 4 nitrogen and oxygen atoms in total. The van der Waals surface area contributed by atoms with Crippen LogP contribution in [0.1, 0.15) is 5.82 Å². The number of aromatic nitrogens is 2. The third-order valence-corrected chi connectivity index (χ3v) is 2.56. The molecular formula is C11H11BrN2O2. The van der Waals surface area contributed by atoms with E-state index in [-0.39, 0.29) is 13.2 Å². The monoisotopic (exact) mass is 282 g/mol. The standard InChI is InChI=1S/C11H11BrN2O2/c1-7-13-10-6-8(12)2-3-9(10)11(14-7)16-5-4-15/h2-3,6,15H,4-5H2,1H3. The first-order chi connectivity index (χ1) is 7.70. The largest absolute Gasteiger partial charge is 0.475 e. The number of ether oxygens (including phenoxy) is 1. The van der Waals surface area contributed by atoms with E-state index in [0.717, 1.165) is 15.4 Å². The Balaban J connectivity index is 2.54. The maximum atomic E-state index is 8.74. The van der Waals surface area contributed by atoms with E-state index in [1.165, 1.54) is 0 Å². The Kier molecular flexibility index (Phi) is 3.36. The Labute approximate surface area is 101 Å². The minimum absolute atomic E-state index is 0.0267. The van der Waals surface area contributed by atoms with E-state index in [1.54, 1.807) is 0 Å². The van der Waals surface area contributed by atoms with Gasteiger partial charge in [-0.05, 0) is 25.1 Å². The van der Waals surface area contributed by atoms with Gasteiger partial charge < -0.3 is 9.84 Å². The SMILES string of the molecule is Cc1nc(OCCO)c2ccc(Br)cc2n1. The van der Waals surface area contributed by atoms with Crippen molar-refractivity contribution in [3.8, 4) is 5.88 Å².